The summed E-state index contributed by atoms with van der Waals surface area (Å²) in [4.78, 5) is 0. The van der Waals surface area contributed by atoms with Gasteiger partial charge >= 0.3 is 0 Å². The molecular weight excluding hydrogens is 218 g/mol. The van der Waals surface area contributed by atoms with E-state index < -0.39 is 0 Å². The van der Waals surface area contributed by atoms with E-state index in [1.807, 2.05) is 0 Å². The normalized spacial score (nSPS) is 25.6. The van der Waals surface area contributed by atoms with Gasteiger partial charge in [-0.25, -0.2) is 0 Å². The number of terminal acetylenes is 1. The molecule has 0 saturated heterocycles. The van der Waals surface area contributed by atoms with Crippen LogP contribution in [0.25, 0.3) is 0 Å². The third kappa shape index (κ3) is 5.44. The molecule has 1 heteroatoms. The quantitative estimate of drug-likeness (QED) is 0.497. The van der Waals surface area contributed by atoms with Crippen LogP contribution in [0.1, 0.15) is 71.1 Å². The topological polar surface area (TPSA) is 12.0 Å². The standard InChI is InChI=1S/C17H31N/c1-4-6-8-10-17(18-3)16-13-11-15(12-14-16)9-7-5-2/h1,15-18H,5-14H2,2-3H3. The molecule has 1 nitrogen and oxygen atoms in total. The Morgan fingerprint density at radius 2 is 1.94 bits per heavy atom. The minimum Gasteiger partial charge on any atom is -0.317 e. The van der Waals surface area contributed by atoms with Gasteiger partial charge < -0.3 is 5.32 Å². The Bertz CT molecular complexity index is 232. The highest BCUT2D eigenvalue weighted by Gasteiger charge is 2.25. The van der Waals surface area contributed by atoms with E-state index in [9.17, 15) is 0 Å². The summed E-state index contributed by atoms with van der Waals surface area (Å²) in [6.07, 6.45) is 18.7. The minimum absolute atomic E-state index is 0.700. The largest absolute Gasteiger partial charge is 0.317 e. The number of rotatable bonds is 8. The van der Waals surface area contributed by atoms with Crippen LogP contribution in [-0.2, 0) is 0 Å². The van der Waals surface area contributed by atoms with Crippen molar-refractivity contribution in [2.45, 2.75) is 77.2 Å². The van der Waals surface area contributed by atoms with Crippen LogP contribution in [0.3, 0.4) is 0 Å². The summed E-state index contributed by atoms with van der Waals surface area (Å²) in [5, 5.41) is 3.52. The maximum absolute atomic E-state index is 5.33. The van der Waals surface area contributed by atoms with Crippen molar-refractivity contribution in [2.75, 3.05) is 7.05 Å². The van der Waals surface area contributed by atoms with E-state index in [4.69, 9.17) is 6.42 Å². The van der Waals surface area contributed by atoms with E-state index in [2.05, 4.69) is 25.2 Å². The number of hydrogen-bond donors (Lipinski definition) is 1. The third-order valence-corrected chi connectivity index (χ3v) is 4.63. The van der Waals surface area contributed by atoms with Gasteiger partial charge in [0.05, 0.1) is 0 Å². The lowest BCUT2D eigenvalue weighted by Crippen LogP contribution is -2.35. The summed E-state index contributed by atoms with van der Waals surface area (Å²) < 4.78 is 0. The Hall–Kier alpha value is -0.480. The lowest BCUT2D eigenvalue weighted by molar-refractivity contribution is 0.210. The first kappa shape index (κ1) is 15.6. The smallest absolute Gasteiger partial charge is 0.00926 e. The zero-order valence-corrected chi connectivity index (χ0v) is 12.4. The highest BCUT2D eigenvalue weighted by atomic mass is 14.9. The summed E-state index contributed by atoms with van der Waals surface area (Å²) in [5.74, 6) is 4.66. The second-order valence-corrected chi connectivity index (χ2v) is 5.91. The van der Waals surface area contributed by atoms with Crippen LogP contribution in [0, 0.1) is 24.2 Å². The average Bonchev–Trinajstić information content (AvgIpc) is 2.42. The molecule has 1 unspecified atom stereocenters. The van der Waals surface area contributed by atoms with E-state index in [1.54, 1.807) is 0 Å². The molecule has 0 aromatic carbocycles. The molecule has 0 radical (unpaired) electrons. The Kier molecular flexibility index (Phi) is 8.18. The molecule has 1 aliphatic rings. The average molecular weight is 249 g/mol. The molecule has 0 bridgehead atoms. The molecule has 1 aliphatic carbocycles. The van der Waals surface area contributed by atoms with E-state index in [-0.39, 0.29) is 0 Å². The molecular formula is C17H31N. The van der Waals surface area contributed by atoms with Gasteiger partial charge in [0.15, 0.2) is 0 Å². The van der Waals surface area contributed by atoms with Gasteiger partial charge in [-0.3, -0.25) is 0 Å². The highest BCUT2D eigenvalue weighted by Crippen LogP contribution is 2.34. The maximum Gasteiger partial charge on any atom is 0.00926 e. The zero-order valence-electron chi connectivity index (χ0n) is 12.4. The van der Waals surface area contributed by atoms with Crippen LogP contribution in [0.2, 0.25) is 0 Å². The molecule has 0 spiro atoms. The number of nitrogens with one attached hydrogen (secondary N) is 1. The van der Waals surface area contributed by atoms with Gasteiger partial charge in [0.2, 0.25) is 0 Å². The summed E-state index contributed by atoms with van der Waals surface area (Å²) in [6, 6.07) is 0.700. The zero-order chi connectivity index (χ0) is 13.2. The fraction of sp³-hybridized carbons (Fsp3) is 0.882. The number of unbranched alkanes of at least 4 members (excludes halogenated alkanes) is 2. The van der Waals surface area contributed by atoms with Crippen LogP contribution < -0.4 is 5.32 Å². The van der Waals surface area contributed by atoms with Crippen molar-refractivity contribution in [3.63, 3.8) is 0 Å². The Morgan fingerprint density at radius 1 is 1.22 bits per heavy atom. The maximum atomic E-state index is 5.33. The Balaban J connectivity index is 2.24. The molecule has 0 heterocycles. The summed E-state index contributed by atoms with van der Waals surface area (Å²) in [6.45, 7) is 2.30. The van der Waals surface area contributed by atoms with Crippen molar-refractivity contribution in [1.29, 1.82) is 0 Å². The van der Waals surface area contributed by atoms with Gasteiger partial charge in [0, 0.05) is 12.5 Å². The second kappa shape index (κ2) is 9.45. The molecule has 1 fully saturated rings. The molecule has 1 atom stereocenters. The fourth-order valence-electron chi connectivity index (χ4n) is 3.41. The van der Waals surface area contributed by atoms with E-state index >= 15 is 0 Å². The first-order valence-corrected chi connectivity index (χ1v) is 7.92. The molecule has 1 rings (SSSR count). The van der Waals surface area contributed by atoms with E-state index in [1.165, 1.54) is 57.8 Å². The van der Waals surface area contributed by atoms with Crippen molar-refractivity contribution in [2.24, 2.45) is 11.8 Å². The molecule has 0 amide bonds. The lowest BCUT2D eigenvalue weighted by Gasteiger charge is -2.34. The van der Waals surface area contributed by atoms with Gasteiger partial charge in [-0.05, 0) is 44.6 Å². The molecule has 1 N–H and O–H groups in total. The van der Waals surface area contributed by atoms with E-state index in [0.29, 0.717) is 6.04 Å². The van der Waals surface area contributed by atoms with Crippen molar-refractivity contribution in [3.8, 4) is 12.3 Å². The molecule has 0 aliphatic heterocycles. The van der Waals surface area contributed by atoms with Gasteiger partial charge in [-0.2, -0.15) is 0 Å². The fourth-order valence-corrected chi connectivity index (χ4v) is 3.41. The molecule has 0 aromatic rings. The summed E-state index contributed by atoms with van der Waals surface area (Å²) in [7, 11) is 2.11. The Labute approximate surface area is 114 Å². The van der Waals surface area contributed by atoms with Gasteiger partial charge in [-0.15, -0.1) is 12.3 Å². The van der Waals surface area contributed by atoms with Crippen LogP contribution >= 0.6 is 0 Å². The minimum atomic E-state index is 0.700. The van der Waals surface area contributed by atoms with Crippen LogP contribution in [0.5, 0.6) is 0 Å². The highest BCUT2D eigenvalue weighted by molar-refractivity contribution is 4.86. The van der Waals surface area contributed by atoms with Crippen LogP contribution in [-0.4, -0.2) is 13.1 Å². The van der Waals surface area contributed by atoms with Gasteiger partial charge in [-0.1, -0.05) is 39.0 Å². The van der Waals surface area contributed by atoms with Crippen molar-refractivity contribution in [1.82, 2.24) is 5.32 Å². The Morgan fingerprint density at radius 3 is 2.50 bits per heavy atom. The summed E-state index contributed by atoms with van der Waals surface area (Å²) in [5.41, 5.74) is 0. The van der Waals surface area contributed by atoms with Crippen LogP contribution in [0.4, 0.5) is 0 Å². The predicted molar refractivity (Wildman–Crippen MR) is 80.5 cm³/mol. The monoisotopic (exact) mass is 249 g/mol. The molecule has 0 aromatic heterocycles. The van der Waals surface area contributed by atoms with Gasteiger partial charge in [0.25, 0.3) is 0 Å². The number of hydrogen-bond acceptors (Lipinski definition) is 1. The van der Waals surface area contributed by atoms with Crippen molar-refractivity contribution < 1.29 is 0 Å². The van der Waals surface area contributed by atoms with Crippen molar-refractivity contribution in [3.05, 3.63) is 0 Å². The van der Waals surface area contributed by atoms with Crippen LogP contribution in [0.15, 0.2) is 0 Å². The van der Waals surface area contributed by atoms with Gasteiger partial charge in [0.1, 0.15) is 0 Å². The first-order valence-electron chi connectivity index (χ1n) is 7.92. The van der Waals surface area contributed by atoms with E-state index in [0.717, 1.165) is 18.3 Å². The lowest BCUT2D eigenvalue weighted by atomic mass is 9.76. The third-order valence-electron chi connectivity index (χ3n) is 4.63. The van der Waals surface area contributed by atoms with Crippen molar-refractivity contribution >= 4 is 0 Å². The molecule has 104 valence electrons. The first-order chi connectivity index (χ1) is 8.81. The predicted octanol–water partition coefficient (Wildman–Crippen LogP) is 4.37. The molecule has 18 heavy (non-hydrogen) atoms. The molecule has 1 saturated carbocycles. The summed E-state index contributed by atoms with van der Waals surface area (Å²) >= 11 is 0. The SMILES string of the molecule is C#CCCCC(NC)C1CCC(CCCC)CC1. The second-order valence-electron chi connectivity index (χ2n) is 5.91.